The zero-order valence-electron chi connectivity index (χ0n) is 9.73. The average molecular weight is 258 g/mol. The number of methoxy groups -OCH3 is 2. The van der Waals surface area contributed by atoms with Crippen molar-refractivity contribution >= 4 is 17.6 Å². The molecule has 0 radical (unpaired) electrons. The molecule has 0 aliphatic rings. The van der Waals surface area contributed by atoms with Crippen LogP contribution in [0.5, 0.6) is 11.5 Å². The number of benzene rings is 1. The number of carbonyl (C=O) groups excluding carboxylic acids is 1. The predicted octanol–water partition coefficient (Wildman–Crippen LogP) is 1.17. The van der Waals surface area contributed by atoms with E-state index in [2.05, 4.69) is 0 Å². The van der Waals surface area contributed by atoms with Gasteiger partial charge in [0.2, 0.25) is 0 Å². The summed E-state index contributed by atoms with van der Waals surface area (Å²) < 4.78 is 10.2. The average Bonchev–Trinajstić information content (AvgIpc) is 2.34. The molecule has 94 valence electrons. The topological polar surface area (TPSA) is 58.6 Å². The standard InChI is InChI=1S/C12H15ClO4/c1-16-10-4-3-8(7-11(10)17-2)9(5-6-13)12(14)15/h3-4,7,9H,5-6H2,1-2H3,(H,14,15)/p-1. The van der Waals surface area contributed by atoms with Crippen LogP contribution in [-0.2, 0) is 4.79 Å². The largest absolute Gasteiger partial charge is 0.549 e. The van der Waals surface area contributed by atoms with Crippen molar-refractivity contribution in [3.05, 3.63) is 23.8 Å². The quantitative estimate of drug-likeness (QED) is 0.718. The van der Waals surface area contributed by atoms with E-state index < -0.39 is 11.9 Å². The highest BCUT2D eigenvalue weighted by Gasteiger charge is 2.15. The molecule has 1 aromatic rings. The lowest BCUT2D eigenvalue weighted by Crippen LogP contribution is -2.30. The Morgan fingerprint density at radius 3 is 2.47 bits per heavy atom. The lowest BCUT2D eigenvalue weighted by atomic mass is 9.96. The fraction of sp³-hybridized carbons (Fsp3) is 0.417. The number of alkyl halides is 1. The van der Waals surface area contributed by atoms with E-state index in [0.717, 1.165) is 0 Å². The second-order valence-corrected chi connectivity index (χ2v) is 3.84. The smallest absolute Gasteiger partial charge is 0.161 e. The van der Waals surface area contributed by atoms with E-state index in [0.29, 0.717) is 23.5 Å². The van der Waals surface area contributed by atoms with Crippen LogP contribution in [0.4, 0.5) is 0 Å². The molecule has 0 N–H and O–H groups in total. The molecular weight excluding hydrogens is 244 g/mol. The normalized spacial score (nSPS) is 11.9. The van der Waals surface area contributed by atoms with Gasteiger partial charge in [-0.2, -0.15) is 0 Å². The first-order valence-corrected chi connectivity index (χ1v) is 5.66. The SMILES string of the molecule is COc1ccc(C(CCCl)C(=O)[O-])cc1OC. The Hall–Kier alpha value is -1.42. The van der Waals surface area contributed by atoms with Crippen LogP contribution in [0.2, 0.25) is 0 Å². The van der Waals surface area contributed by atoms with Gasteiger partial charge in [-0.25, -0.2) is 0 Å². The van der Waals surface area contributed by atoms with Crippen molar-refractivity contribution in [3.8, 4) is 11.5 Å². The molecule has 0 saturated heterocycles. The Morgan fingerprint density at radius 1 is 1.35 bits per heavy atom. The summed E-state index contributed by atoms with van der Waals surface area (Å²) in [6.07, 6.45) is 0.319. The number of ether oxygens (including phenoxy) is 2. The summed E-state index contributed by atoms with van der Waals surface area (Å²) in [5.41, 5.74) is 0.600. The van der Waals surface area contributed by atoms with Crippen LogP contribution in [0.25, 0.3) is 0 Å². The van der Waals surface area contributed by atoms with Gasteiger partial charge in [-0.15, -0.1) is 11.6 Å². The van der Waals surface area contributed by atoms with Crippen molar-refractivity contribution in [2.75, 3.05) is 20.1 Å². The number of hydrogen-bond donors (Lipinski definition) is 0. The zero-order valence-corrected chi connectivity index (χ0v) is 10.5. The first kappa shape index (κ1) is 13.6. The number of aliphatic carboxylic acids is 1. The highest BCUT2D eigenvalue weighted by atomic mass is 35.5. The van der Waals surface area contributed by atoms with E-state index in [4.69, 9.17) is 21.1 Å². The number of carbonyl (C=O) groups is 1. The van der Waals surface area contributed by atoms with Gasteiger partial charge >= 0.3 is 0 Å². The van der Waals surface area contributed by atoms with Crippen LogP contribution in [0.1, 0.15) is 17.9 Å². The van der Waals surface area contributed by atoms with Crippen molar-refractivity contribution < 1.29 is 19.4 Å². The Balaban J connectivity index is 3.08. The summed E-state index contributed by atoms with van der Waals surface area (Å²) in [4.78, 5) is 11.0. The van der Waals surface area contributed by atoms with Crippen LogP contribution in [0.15, 0.2) is 18.2 Å². The molecule has 1 aromatic carbocycles. The Labute approximate surface area is 105 Å². The fourth-order valence-electron chi connectivity index (χ4n) is 1.60. The van der Waals surface area contributed by atoms with Gasteiger partial charge in [0.15, 0.2) is 11.5 Å². The van der Waals surface area contributed by atoms with E-state index in [1.165, 1.54) is 14.2 Å². The molecule has 1 rings (SSSR count). The molecule has 0 aromatic heterocycles. The Kier molecular flexibility index (Phi) is 5.10. The summed E-state index contributed by atoms with van der Waals surface area (Å²) in [5.74, 6) is -0.567. The molecule has 4 nitrogen and oxygen atoms in total. The maximum Gasteiger partial charge on any atom is 0.161 e. The maximum absolute atomic E-state index is 11.0. The van der Waals surface area contributed by atoms with Gasteiger partial charge in [-0.1, -0.05) is 6.07 Å². The molecular formula is C12H14ClO4-. The first-order valence-electron chi connectivity index (χ1n) is 5.12. The first-order chi connectivity index (χ1) is 8.13. The second-order valence-electron chi connectivity index (χ2n) is 3.46. The van der Waals surface area contributed by atoms with Crippen LogP contribution < -0.4 is 14.6 Å². The van der Waals surface area contributed by atoms with E-state index >= 15 is 0 Å². The summed E-state index contributed by atoms with van der Waals surface area (Å²) in [7, 11) is 3.02. The predicted molar refractivity (Wildman–Crippen MR) is 62.6 cm³/mol. The lowest BCUT2D eigenvalue weighted by molar-refractivity contribution is -0.308. The van der Waals surface area contributed by atoms with Gasteiger partial charge in [0, 0.05) is 17.8 Å². The summed E-state index contributed by atoms with van der Waals surface area (Å²) in [6.45, 7) is 0. The van der Waals surface area contributed by atoms with Gasteiger partial charge in [0.1, 0.15) is 0 Å². The number of carboxylic acid groups (broad SMARTS) is 1. The Bertz CT molecular complexity index is 392. The third kappa shape index (κ3) is 3.27. The summed E-state index contributed by atoms with van der Waals surface area (Å²) in [5, 5.41) is 11.0. The highest BCUT2D eigenvalue weighted by molar-refractivity contribution is 6.18. The number of hydrogen-bond acceptors (Lipinski definition) is 4. The monoisotopic (exact) mass is 257 g/mol. The Morgan fingerprint density at radius 2 is 2.00 bits per heavy atom. The number of carboxylic acids is 1. The lowest BCUT2D eigenvalue weighted by Gasteiger charge is -2.18. The van der Waals surface area contributed by atoms with Crippen molar-refractivity contribution in [1.82, 2.24) is 0 Å². The van der Waals surface area contributed by atoms with Crippen molar-refractivity contribution in [2.45, 2.75) is 12.3 Å². The van der Waals surface area contributed by atoms with Gasteiger partial charge in [-0.05, 0) is 24.1 Å². The van der Waals surface area contributed by atoms with E-state index in [-0.39, 0.29) is 5.88 Å². The van der Waals surface area contributed by atoms with Crippen LogP contribution >= 0.6 is 11.6 Å². The highest BCUT2D eigenvalue weighted by Crippen LogP contribution is 2.31. The summed E-state index contributed by atoms with van der Waals surface area (Å²) >= 11 is 5.58. The summed E-state index contributed by atoms with van der Waals surface area (Å²) in [6, 6.07) is 4.97. The third-order valence-electron chi connectivity index (χ3n) is 2.49. The van der Waals surface area contributed by atoms with Crippen molar-refractivity contribution in [2.24, 2.45) is 0 Å². The van der Waals surface area contributed by atoms with Gasteiger partial charge < -0.3 is 19.4 Å². The van der Waals surface area contributed by atoms with Crippen molar-refractivity contribution in [1.29, 1.82) is 0 Å². The second kappa shape index (κ2) is 6.35. The fourth-order valence-corrected chi connectivity index (χ4v) is 1.82. The molecule has 0 aliphatic heterocycles. The molecule has 0 aliphatic carbocycles. The number of halogens is 1. The molecule has 0 spiro atoms. The molecule has 17 heavy (non-hydrogen) atoms. The molecule has 0 amide bonds. The van der Waals surface area contributed by atoms with Crippen LogP contribution in [0, 0.1) is 0 Å². The molecule has 0 fully saturated rings. The third-order valence-corrected chi connectivity index (χ3v) is 2.71. The van der Waals surface area contributed by atoms with Crippen molar-refractivity contribution in [3.63, 3.8) is 0 Å². The zero-order chi connectivity index (χ0) is 12.8. The maximum atomic E-state index is 11.0. The van der Waals surface area contributed by atoms with Crippen LogP contribution in [0.3, 0.4) is 0 Å². The minimum absolute atomic E-state index is 0.257. The number of rotatable bonds is 6. The van der Waals surface area contributed by atoms with Gasteiger partial charge in [0.25, 0.3) is 0 Å². The van der Waals surface area contributed by atoms with E-state index in [1.54, 1.807) is 18.2 Å². The molecule has 0 heterocycles. The van der Waals surface area contributed by atoms with Gasteiger partial charge in [-0.3, -0.25) is 0 Å². The van der Waals surface area contributed by atoms with E-state index in [1.807, 2.05) is 0 Å². The van der Waals surface area contributed by atoms with Crippen LogP contribution in [-0.4, -0.2) is 26.1 Å². The minimum Gasteiger partial charge on any atom is -0.549 e. The molecule has 1 atom stereocenters. The minimum atomic E-state index is -1.14. The molecule has 5 heteroatoms. The van der Waals surface area contributed by atoms with E-state index in [9.17, 15) is 9.90 Å². The molecule has 0 bridgehead atoms. The molecule has 1 unspecified atom stereocenters. The molecule has 0 saturated carbocycles. The van der Waals surface area contributed by atoms with Gasteiger partial charge in [0.05, 0.1) is 14.2 Å².